The zero-order valence-corrected chi connectivity index (χ0v) is 13.7. The van der Waals surface area contributed by atoms with Gasteiger partial charge in [0, 0.05) is 16.9 Å². The van der Waals surface area contributed by atoms with Crippen LogP contribution >= 0.6 is 11.6 Å². The zero-order chi connectivity index (χ0) is 16.9. The Bertz CT molecular complexity index is 846. The van der Waals surface area contributed by atoms with Crippen molar-refractivity contribution in [2.75, 3.05) is 5.32 Å². The van der Waals surface area contributed by atoms with Gasteiger partial charge in [0.05, 0.1) is 0 Å². The molecule has 3 rings (SSSR count). The summed E-state index contributed by atoms with van der Waals surface area (Å²) in [5.41, 5.74) is 1.12. The van der Waals surface area contributed by atoms with Crippen molar-refractivity contribution in [3.8, 4) is 5.75 Å². The summed E-state index contributed by atoms with van der Waals surface area (Å²) >= 11 is 5.82. The summed E-state index contributed by atoms with van der Waals surface area (Å²) in [7, 11) is 0. The van der Waals surface area contributed by atoms with Crippen LogP contribution in [0.2, 0.25) is 5.02 Å². The van der Waals surface area contributed by atoms with Crippen LogP contribution in [0, 0.1) is 6.92 Å². The molecule has 122 valence electrons. The van der Waals surface area contributed by atoms with E-state index < -0.39 is 0 Å². The van der Waals surface area contributed by atoms with Crippen molar-refractivity contribution < 1.29 is 9.53 Å². The van der Waals surface area contributed by atoms with Crippen LogP contribution in [0.3, 0.4) is 0 Å². The maximum Gasteiger partial charge on any atom is 0.277 e. The third kappa shape index (κ3) is 4.11. The lowest BCUT2D eigenvalue weighted by atomic mass is 10.3. The highest BCUT2D eigenvalue weighted by molar-refractivity contribution is 6.30. The topological polar surface area (TPSA) is 69.0 Å². The fraction of sp³-hybridized carbons (Fsp3) is 0.118. The number of carbonyl (C=O) groups is 1. The van der Waals surface area contributed by atoms with E-state index in [1.54, 1.807) is 42.6 Å². The molecule has 0 aliphatic rings. The summed E-state index contributed by atoms with van der Waals surface area (Å²) in [6, 6.07) is 14.1. The number of pyridine rings is 1. The fourth-order valence-corrected chi connectivity index (χ4v) is 2.15. The monoisotopic (exact) mass is 342 g/mol. The molecule has 0 bridgehead atoms. The SMILES string of the molecule is Cc1cccc(NC(=O)c2ccn(COc3ccc(Cl)cc3)n2)n1. The smallest absolute Gasteiger partial charge is 0.277 e. The van der Waals surface area contributed by atoms with Crippen molar-refractivity contribution >= 4 is 23.3 Å². The highest BCUT2D eigenvalue weighted by atomic mass is 35.5. The molecule has 7 heteroatoms. The van der Waals surface area contributed by atoms with Crippen LogP contribution in [-0.4, -0.2) is 20.7 Å². The predicted molar refractivity (Wildman–Crippen MR) is 91.2 cm³/mol. The number of nitrogens with zero attached hydrogens (tertiary/aromatic N) is 3. The summed E-state index contributed by atoms with van der Waals surface area (Å²) < 4.78 is 7.11. The summed E-state index contributed by atoms with van der Waals surface area (Å²) in [6.07, 6.45) is 1.68. The Hall–Kier alpha value is -2.86. The third-order valence-corrected chi connectivity index (χ3v) is 3.43. The van der Waals surface area contributed by atoms with Crippen molar-refractivity contribution in [2.45, 2.75) is 13.7 Å². The lowest BCUT2D eigenvalue weighted by molar-refractivity contribution is 0.102. The van der Waals surface area contributed by atoms with Crippen LogP contribution in [0.25, 0.3) is 0 Å². The number of amides is 1. The zero-order valence-electron chi connectivity index (χ0n) is 12.9. The minimum Gasteiger partial charge on any atom is -0.471 e. The van der Waals surface area contributed by atoms with Gasteiger partial charge in [-0.05, 0) is 49.4 Å². The molecule has 0 unspecified atom stereocenters. The number of benzene rings is 1. The molecule has 24 heavy (non-hydrogen) atoms. The van der Waals surface area contributed by atoms with Gasteiger partial charge in [-0.1, -0.05) is 17.7 Å². The molecule has 1 aromatic carbocycles. The number of halogens is 1. The van der Waals surface area contributed by atoms with Crippen molar-refractivity contribution in [2.24, 2.45) is 0 Å². The molecule has 6 nitrogen and oxygen atoms in total. The molecular weight excluding hydrogens is 328 g/mol. The van der Waals surface area contributed by atoms with Crippen LogP contribution in [0.5, 0.6) is 5.75 Å². The molecule has 0 saturated heterocycles. The fourth-order valence-electron chi connectivity index (χ4n) is 2.02. The first-order chi connectivity index (χ1) is 11.6. The number of hydrogen-bond donors (Lipinski definition) is 1. The molecular formula is C17H15ClN4O2. The van der Waals surface area contributed by atoms with E-state index in [2.05, 4.69) is 15.4 Å². The Morgan fingerprint density at radius 3 is 2.75 bits per heavy atom. The predicted octanol–water partition coefficient (Wildman–Crippen LogP) is 3.53. The second kappa shape index (κ2) is 7.14. The number of rotatable bonds is 5. The number of hydrogen-bond acceptors (Lipinski definition) is 4. The van der Waals surface area contributed by atoms with Crippen LogP contribution in [0.4, 0.5) is 5.82 Å². The van der Waals surface area contributed by atoms with E-state index in [-0.39, 0.29) is 18.3 Å². The minimum atomic E-state index is -0.321. The molecule has 2 heterocycles. The standard InChI is InChI=1S/C17H15ClN4O2/c1-12-3-2-4-16(19-12)20-17(23)15-9-10-22(21-15)11-24-14-7-5-13(18)6-8-14/h2-10H,11H2,1H3,(H,19,20,23). The minimum absolute atomic E-state index is 0.192. The van der Waals surface area contributed by atoms with Gasteiger partial charge in [0.2, 0.25) is 0 Å². The van der Waals surface area contributed by atoms with Gasteiger partial charge >= 0.3 is 0 Å². The second-order valence-corrected chi connectivity index (χ2v) is 5.52. The number of aryl methyl sites for hydroxylation is 1. The number of aromatic nitrogens is 3. The molecule has 0 fully saturated rings. The van der Waals surface area contributed by atoms with Crippen LogP contribution in [-0.2, 0) is 6.73 Å². The van der Waals surface area contributed by atoms with Crippen LogP contribution < -0.4 is 10.1 Å². The van der Waals surface area contributed by atoms with Gasteiger partial charge < -0.3 is 10.1 Å². The first kappa shape index (κ1) is 16.0. The molecule has 0 spiro atoms. The van der Waals surface area contributed by atoms with Crippen LogP contribution in [0.1, 0.15) is 16.2 Å². The van der Waals surface area contributed by atoms with E-state index in [1.807, 2.05) is 19.1 Å². The molecule has 0 atom stereocenters. The Morgan fingerprint density at radius 1 is 1.21 bits per heavy atom. The summed E-state index contributed by atoms with van der Waals surface area (Å²) in [4.78, 5) is 16.4. The molecule has 3 aromatic rings. The lowest BCUT2D eigenvalue weighted by Crippen LogP contribution is -2.15. The molecule has 2 aromatic heterocycles. The van der Waals surface area contributed by atoms with Gasteiger partial charge in [0.1, 0.15) is 11.6 Å². The van der Waals surface area contributed by atoms with Crippen molar-refractivity contribution in [1.29, 1.82) is 0 Å². The summed E-state index contributed by atoms with van der Waals surface area (Å²) in [5.74, 6) is 0.843. The highest BCUT2D eigenvalue weighted by Gasteiger charge is 2.10. The average Bonchev–Trinajstić information content (AvgIpc) is 3.03. The highest BCUT2D eigenvalue weighted by Crippen LogP contribution is 2.15. The molecule has 0 aliphatic heterocycles. The molecule has 1 N–H and O–H groups in total. The third-order valence-electron chi connectivity index (χ3n) is 3.18. The molecule has 1 amide bonds. The van der Waals surface area contributed by atoms with Gasteiger partial charge in [0.15, 0.2) is 12.4 Å². The van der Waals surface area contributed by atoms with E-state index in [0.717, 1.165) is 5.69 Å². The molecule has 0 radical (unpaired) electrons. The molecule has 0 aliphatic carbocycles. The Morgan fingerprint density at radius 2 is 2.00 bits per heavy atom. The largest absolute Gasteiger partial charge is 0.471 e. The van der Waals surface area contributed by atoms with Gasteiger partial charge in [-0.25, -0.2) is 9.67 Å². The van der Waals surface area contributed by atoms with Crippen molar-refractivity contribution in [3.63, 3.8) is 0 Å². The first-order valence-electron chi connectivity index (χ1n) is 7.27. The normalized spacial score (nSPS) is 10.4. The van der Waals surface area contributed by atoms with E-state index in [9.17, 15) is 4.79 Å². The van der Waals surface area contributed by atoms with Crippen molar-refractivity contribution in [1.82, 2.24) is 14.8 Å². The van der Waals surface area contributed by atoms with Gasteiger partial charge in [0.25, 0.3) is 5.91 Å². The first-order valence-corrected chi connectivity index (χ1v) is 7.65. The number of anilines is 1. The second-order valence-electron chi connectivity index (χ2n) is 5.09. The molecule has 0 saturated carbocycles. The summed E-state index contributed by atoms with van der Waals surface area (Å²) in [5, 5.41) is 7.54. The van der Waals surface area contributed by atoms with Gasteiger partial charge in [-0.15, -0.1) is 0 Å². The van der Waals surface area contributed by atoms with E-state index >= 15 is 0 Å². The lowest BCUT2D eigenvalue weighted by Gasteiger charge is -2.06. The number of carbonyl (C=O) groups excluding carboxylic acids is 1. The quantitative estimate of drug-likeness (QED) is 0.770. The van der Waals surface area contributed by atoms with Gasteiger partial charge in [-0.2, -0.15) is 5.10 Å². The van der Waals surface area contributed by atoms with E-state index in [4.69, 9.17) is 16.3 Å². The maximum absolute atomic E-state index is 12.2. The Labute approximate surface area is 144 Å². The Balaban J connectivity index is 1.60. The maximum atomic E-state index is 12.2. The van der Waals surface area contributed by atoms with Gasteiger partial charge in [-0.3, -0.25) is 4.79 Å². The average molecular weight is 343 g/mol. The number of ether oxygens (including phenoxy) is 1. The Kier molecular flexibility index (Phi) is 4.77. The number of nitrogens with one attached hydrogen (secondary N) is 1. The van der Waals surface area contributed by atoms with Crippen molar-refractivity contribution in [3.05, 3.63) is 71.1 Å². The van der Waals surface area contributed by atoms with Crippen LogP contribution in [0.15, 0.2) is 54.7 Å². The van der Waals surface area contributed by atoms with E-state index in [1.165, 1.54) is 4.68 Å². The summed E-state index contributed by atoms with van der Waals surface area (Å²) in [6.45, 7) is 2.05. The van der Waals surface area contributed by atoms with E-state index in [0.29, 0.717) is 16.6 Å².